The summed E-state index contributed by atoms with van der Waals surface area (Å²) in [4.78, 5) is 8.31. The van der Waals surface area contributed by atoms with Gasteiger partial charge in [-0.05, 0) is 18.2 Å². The Morgan fingerprint density at radius 1 is 1.00 bits per heavy atom. The number of nitriles is 1. The molecule has 0 spiro atoms. The first-order valence-electron chi connectivity index (χ1n) is 4.76. The minimum absolute atomic E-state index is 0.611. The average Bonchev–Trinajstić information content (AvgIpc) is 2.35. The van der Waals surface area contributed by atoms with E-state index in [1.165, 1.54) is 0 Å². The van der Waals surface area contributed by atoms with Crippen molar-refractivity contribution in [1.29, 1.82) is 5.26 Å². The van der Waals surface area contributed by atoms with E-state index >= 15 is 0 Å². The van der Waals surface area contributed by atoms with Crippen LogP contribution in [0.1, 0.15) is 5.56 Å². The first-order valence-corrected chi connectivity index (χ1v) is 4.76. The lowest BCUT2D eigenvalue weighted by molar-refractivity contribution is 1.18. The first kappa shape index (κ1) is 8.68. The summed E-state index contributed by atoms with van der Waals surface area (Å²) in [6.07, 6.45) is 3.24. The summed E-state index contributed by atoms with van der Waals surface area (Å²) in [5, 5.41) is 15.1. The normalized spacial score (nSPS) is 11.4. The summed E-state index contributed by atoms with van der Waals surface area (Å²) in [5.41, 5.74) is 2.35. The molecular formula is C11H7N5. The minimum atomic E-state index is 0.611. The zero-order chi connectivity index (χ0) is 11.0. The van der Waals surface area contributed by atoms with Crippen LogP contribution in [0.5, 0.6) is 0 Å². The molecule has 0 unspecified atom stereocenters. The lowest BCUT2D eigenvalue weighted by atomic mass is 10.1. The highest BCUT2D eigenvalue weighted by Crippen LogP contribution is 2.35. The second kappa shape index (κ2) is 3.21. The molecule has 2 aromatic rings. The van der Waals surface area contributed by atoms with Gasteiger partial charge in [0.05, 0.1) is 23.0 Å². The van der Waals surface area contributed by atoms with Gasteiger partial charge in [-0.2, -0.15) is 5.26 Å². The minimum Gasteiger partial charge on any atom is -0.335 e. The predicted octanol–water partition coefficient (Wildman–Crippen LogP) is 2.15. The van der Waals surface area contributed by atoms with Crippen LogP contribution in [-0.2, 0) is 0 Å². The third-order valence-electron chi connectivity index (χ3n) is 2.35. The van der Waals surface area contributed by atoms with Crippen LogP contribution in [-0.4, -0.2) is 9.97 Å². The van der Waals surface area contributed by atoms with Crippen LogP contribution in [0.25, 0.3) is 0 Å². The SMILES string of the molecule is N#Cc1ccc2c(c1)Nc1nccnc1N2. The van der Waals surface area contributed by atoms with Crippen LogP contribution in [0.2, 0.25) is 0 Å². The van der Waals surface area contributed by atoms with Gasteiger partial charge in [-0.15, -0.1) is 0 Å². The average molecular weight is 209 g/mol. The molecule has 0 aliphatic carbocycles. The molecule has 0 atom stereocenters. The Morgan fingerprint density at radius 2 is 1.69 bits per heavy atom. The molecule has 1 aliphatic rings. The standard InChI is InChI=1S/C11H7N5/c12-6-7-1-2-8-9(5-7)16-11-10(15-8)13-3-4-14-11/h1-5H,(H,13,15)(H,14,16). The van der Waals surface area contributed by atoms with Gasteiger partial charge in [-0.3, -0.25) is 0 Å². The van der Waals surface area contributed by atoms with Crippen molar-refractivity contribution >= 4 is 23.0 Å². The number of hydrogen-bond acceptors (Lipinski definition) is 5. The van der Waals surface area contributed by atoms with Crippen LogP contribution < -0.4 is 10.6 Å². The zero-order valence-electron chi connectivity index (χ0n) is 8.23. The number of rotatable bonds is 0. The molecular weight excluding hydrogens is 202 g/mol. The molecule has 1 aromatic heterocycles. The van der Waals surface area contributed by atoms with E-state index in [4.69, 9.17) is 5.26 Å². The van der Waals surface area contributed by atoms with E-state index in [0.717, 1.165) is 11.4 Å². The van der Waals surface area contributed by atoms with Crippen molar-refractivity contribution in [3.05, 3.63) is 36.2 Å². The molecule has 1 aromatic carbocycles. The van der Waals surface area contributed by atoms with E-state index in [2.05, 4.69) is 26.7 Å². The summed E-state index contributed by atoms with van der Waals surface area (Å²) >= 11 is 0. The highest BCUT2D eigenvalue weighted by atomic mass is 15.1. The fraction of sp³-hybridized carbons (Fsp3) is 0. The Balaban J connectivity index is 2.09. The van der Waals surface area contributed by atoms with E-state index in [1.54, 1.807) is 24.5 Å². The summed E-state index contributed by atoms with van der Waals surface area (Å²) in [7, 11) is 0. The third-order valence-corrected chi connectivity index (χ3v) is 2.35. The van der Waals surface area contributed by atoms with E-state index < -0.39 is 0 Å². The van der Waals surface area contributed by atoms with Crippen molar-refractivity contribution in [2.75, 3.05) is 10.6 Å². The highest BCUT2D eigenvalue weighted by molar-refractivity contribution is 5.87. The number of hydrogen-bond donors (Lipinski definition) is 2. The highest BCUT2D eigenvalue weighted by Gasteiger charge is 2.15. The number of anilines is 4. The summed E-state index contributed by atoms with van der Waals surface area (Å²) in [6.45, 7) is 0. The van der Waals surface area contributed by atoms with Crippen molar-refractivity contribution in [3.8, 4) is 6.07 Å². The lowest BCUT2D eigenvalue weighted by Gasteiger charge is -2.20. The van der Waals surface area contributed by atoms with Crippen molar-refractivity contribution < 1.29 is 0 Å². The Labute approximate surface area is 91.8 Å². The van der Waals surface area contributed by atoms with Gasteiger partial charge in [-0.1, -0.05) is 0 Å². The molecule has 0 saturated heterocycles. The molecule has 76 valence electrons. The number of fused-ring (bicyclic) bond motifs is 2. The van der Waals surface area contributed by atoms with Gasteiger partial charge in [-0.25, -0.2) is 9.97 Å². The Morgan fingerprint density at radius 3 is 2.38 bits per heavy atom. The van der Waals surface area contributed by atoms with Crippen LogP contribution in [0.4, 0.5) is 23.0 Å². The summed E-state index contributed by atoms with van der Waals surface area (Å²) in [6, 6.07) is 7.48. The van der Waals surface area contributed by atoms with Gasteiger partial charge < -0.3 is 10.6 Å². The third kappa shape index (κ3) is 1.25. The fourth-order valence-electron chi connectivity index (χ4n) is 1.60. The van der Waals surface area contributed by atoms with E-state index in [9.17, 15) is 0 Å². The van der Waals surface area contributed by atoms with Crippen LogP contribution in [0.15, 0.2) is 30.6 Å². The quantitative estimate of drug-likeness (QED) is 0.593. The van der Waals surface area contributed by atoms with E-state index in [1.807, 2.05) is 6.07 Å². The molecule has 3 rings (SSSR count). The Bertz CT molecular complexity index is 600. The molecule has 0 bridgehead atoms. The van der Waals surface area contributed by atoms with Gasteiger partial charge in [0.15, 0.2) is 11.6 Å². The molecule has 2 N–H and O–H groups in total. The van der Waals surface area contributed by atoms with Gasteiger partial charge in [0.25, 0.3) is 0 Å². The second-order valence-electron chi connectivity index (χ2n) is 3.38. The monoisotopic (exact) mass is 209 g/mol. The smallest absolute Gasteiger partial charge is 0.174 e. The van der Waals surface area contributed by atoms with E-state index in [-0.39, 0.29) is 0 Å². The van der Waals surface area contributed by atoms with E-state index in [0.29, 0.717) is 17.2 Å². The topological polar surface area (TPSA) is 73.6 Å². The second-order valence-corrected chi connectivity index (χ2v) is 3.38. The summed E-state index contributed by atoms with van der Waals surface area (Å²) < 4.78 is 0. The largest absolute Gasteiger partial charge is 0.335 e. The molecule has 0 radical (unpaired) electrons. The molecule has 5 nitrogen and oxygen atoms in total. The molecule has 1 aliphatic heterocycles. The number of nitrogens with one attached hydrogen (secondary N) is 2. The van der Waals surface area contributed by atoms with Gasteiger partial charge in [0.2, 0.25) is 0 Å². The Hall–Kier alpha value is -2.61. The van der Waals surface area contributed by atoms with Crippen molar-refractivity contribution in [2.24, 2.45) is 0 Å². The van der Waals surface area contributed by atoms with Gasteiger partial charge in [0, 0.05) is 12.4 Å². The maximum atomic E-state index is 8.81. The number of benzene rings is 1. The van der Waals surface area contributed by atoms with Gasteiger partial charge >= 0.3 is 0 Å². The molecule has 0 fully saturated rings. The molecule has 16 heavy (non-hydrogen) atoms. The molecule has 0 amide bonds. The van der Waals surface area contributed by atoms with Crippen LogP contribution >= 0.6 is 0 Å². The fourth-order valence-corrected chi connectivity index (χ4v) is 1.60. The molecule has 5 heteroatoms. The van der Waals surface area contributed by atoms with Gasteiger partial charge in [0.1, 0.15) is 0 Å². The number of nitrogens with zero attached hydrogens (tertiary/aromatic N) is 3. The molecule has 0 saturated carbocycles. The van der Waals surface area contributed by atoms with Crippen molar-refractivity contribution in [2.45, 2.75) is 0 Å². The van der Waals surface area contributed by atoms with Crippen molar-refractivity contribution in [1.82, 2.24) is 9.97 Å². The maximum absolute atomic E-state index is 8.81. The summed E-state index contributed by atoms with van der Waals surface area (Å²) in [5.74, 6) is 1.37. The predicted molar refractivity (Wildman–Crippen MR) is 59.8 cm³/mol. The van der Waals surface area contributed by atoms with Crippen LogP contribution in [0, 0.1) is 11.3 Å². The molecule has 2 heterocycles. The number of aromatic nitrogens is 2. The first-order chi connectivity index (χ1) is 7.86. The zero-order valence-corrected chi connectivity index (χ0v) is 8.23. The maximum Gasteiger partial charge on any atom is 0.174 e. The Kier molecular flexibility index (Phi) is 1.74. The van der Waals surface area contributed by atoms with Crippen LogP contribution in [0.3, 0.4) is 0 Å². The lowest BCUT2D eigenvalue weighted by Crippen LogP contribution is -2.09. The van der Waals surface area contributed by atoms with Crippen molar-refractivity contribution in [3.63, 3.8) is 0 Å².